The van der Waals surface area contributed by atoms with Crippen molar-refractivity contribution in [3.05, 3.63) is 77.0 Å². The van der Waals surface area contributed by atoms with Crippen molar-refractivity contribution >= 4 is 16.8 Å². The largest absolute Gasteiger partial charge is 0.344 e. The Morgan fingerprint density at radius 2 is 1.81 bits per heavy atom. The van der Waals surface area contributed by atoms with Gasteiger partial charge in [0.25, 0.3) is 5.91 Å². The maximum atomic E-state index is 13.0. The second kappa shape index (κ2) is 7.67. The molecule has 0 saturated heterocycles. The number of nitrogens with one attached hydrogen (secondary N) is 1. The first-order chi connectivity index (χ1) is 12.4. The van der Waals surface area contributed by atoms with Crippen LogP contribution in [0.5, 0.6) is 0 Å². The van der Waals surface area contributed by atoms with Gasteiger partial charge in [0.2, 0.25) is 0 Å². The Balaban J connectivity index is 1.92. The van der Waals surface area contributed by atoms with Crippen molar-refractivity contribution < 1.29 is 4.79 Å². The van der Waals surface area contributed by atoms with Gasteiger partial charge in [-0.25, -0.2) is 0 Å². The average molecular weight is 347 g/mol. The fourth-order valence-electron chi connectivity index (χ4n) is 3.14. The fourth-order valence-corrected chi connectivity index (χ4v) is 3.14. The first kappa shape index (κ1) is 18.1. The van der Waals surface area contributed by atoms with E-state index in [-0.39, 0.29) is 11.9 Å². The molecule has 0 aliphatic heterocycles. The van der Waals surface area contributed by atoms with Gasteiger partial charge in [-0.05, 0) is 51.7 Å². The average Bonchev–Trinajstić information content (AvgIpc) is 2.61. The van der Waals surface area contributed by atoms with Gasteiger partial charge in [-0.3, -0.25) is 9.78 Å². The highest BCUT2D eigenvalue weighted by Crippen LogP contribution is 2.20. The monoisotopic (exact) mass is 347 g/mol. The molecule has 1 unspecified atom stereocenters. The molecule has 1 atom stereocenters. The Bertz CT molecular complexity index is 919. The summed E-state index contributed by atoms with van der Waals surface area (Å²) in [6.07, 6.45) is 0. The van der Waals surface area contributed by atoms with Gasteiger partial charge in [-0.1, -0.05) is 42.0 Å². The lowest BCUT2D eigenvalue weighted by atomic mass is 10.0. The molecule has 3 aromatic rings. The number of carbonyl (C=O) groups is 1. The number of rotatable bonds is 5. The minimum atomic E-state index is -0.0888. The molecule has 0 aliphatic rings. The van der Waals surface area contributed by atoms with Crippen LogP contribution in [-0.4, -0.2) is 36.4 Å². The number of aryl methyl sites for hydroxylation is 2. The van der Waals surface area contributed by atoms with Crippen LogP contribution in [0.3, 0.4) is 0 Å². The van der Waals surface area contributed by atoms with Crippen LogP contribution in [-0.2, 0) is 0 Å². The first-order valence-electron chi connectivity index (χ1n) is 8.82. The Morgan fingerprint density at radius 3 is 2.50 bits per heavy atom. The molecular weight excluding hydrogens is 322 g/mol. The van der Waals surface area contributed by atoms with Crippen LogP contribution in [0.1, 0.15) is 33.2 Å². The Morgan fingerprint density at radius 1 is 1.08 bits per heavy atom. The van der Waals surface area contributed by atoms with Crippen LogP contribution in [0.15, 0.2) is 54.6 Å². The number of fused-ring (bicyclic) bond motifs is 1. The topological polar surface area (TPSA) is 45.2 Å². The third kappa shape index (κ3) is 4.09. The van der Waals surface area contributed by atoms with E-state index in [1.54, 1.807) is 0 Å². The van der Waals surface area contributed by atoms with Gasteiger partial charge in [-0.15, -0.1) is 0 Å². The smallest absolute Gasteiger partial charge is 0.253 e. The molecular formula is C22H25N3O. The highest BCUT2D eigenvalue weighted by atomic mass is 16.1. The summed E-state index contributed by atoms with van der Waals surface area (Å²) in [6, 6.07) is 18.0. The third-order valence-corrected chi connectivity index (χ3v) is 4.46. The summed E-state index contributed by atoms with van der Waals surface area (Å²) < 4.78 is 0. The summed E-state index contributed by atoms with van der Waals surface area (Å²) in [6.45, 7) is 4.66. The van der Waals surface area contributed by atoms with E-state index >= 15 is 0 Å². The van der Waals surface area contributed by atoms with Crippen molar-refractivity contribution in [1.82, 2.24) is 15.2 Å². The van der Waals surface area contributed by atoms with Crippen LogP contribution in [0.4, 0.5) is 0 Å². The van der Waals surface area contributed by atoms with Gasteiger partial charge in [0.1, 0.15) is 0 Å². The van der Waals surface area contributed by atoms with Gasteiger partial charge in [0.15, 0.2) is 0 Å². The van der Waals surface area contributed by atoms with Crippen molar-refractivity contribution in [3.63, 3.8) is 0 Å². The number of amides is 1. The lowest BCUT2D eigenvalue weighted by molar-refractivity contribution is 0.0929. The molecule has 0 aliphatic carbocycles. The minimum Gasteiger partial charge on any atom is -0.344 e. The number of pyridine rings is 1. The second-order valence-electron chi connectivity index (χ2n) is 7.02. The zero-order valence-corrected chi connectivity index (χ0v) is 15.8. The van der Waals surface area contributed by atoms with E-state index in [0.29, 0.717) is 5.56 Å². The Hall–Kier alpha value is -2.72. The Labute approximate surface area is 154 Å². The molecule has 4 heteroatoms. The number of nitrogens with zero attached hydrogens (tertiary/aromatic N) is 2. The van der Waals surface area contributed by atoms with Crippen LogP contribution in [0.2, 0.25) is 0 Å². The van der Waals surface area contributed by atoms with Gasteiger partial charge >= 0.3 is 0 Å². The molecule has 0 fully saturated rings. The number of aromatic nitrogens is 1. The number of carbonyl (C=O) groups excluding carboxylic acids is 1. The predicted molar refractivity (Wildman–Crippen MR) is 106 cm³/mol. The summed E-state index contributed by atoms with van der Waals surface area (Å²) in [7, 11) is 4.02. The quantitative estimate of drug-likeness (QED) is 0.762. The lowest BCUT2D eigenvalue weighted by Gasteiger charge is -2.23. The molecule has 1 aromatic heterocycles. The van der Waals surface area contributed by atoms with E-state index in [1.165, 1.54) is 0 Å². The number of benzene rings is 2. The van der Waals surface area contributed by atoms with E-state index in [4.69, 9.17) is 0 Å². The summed E-state index contributed by atoms with van der Waals surface area (Å²) in [5, 5.41) is 4.17. The molecule has 0 bridgehead atoms. The van der Waals surface area contributed by atoms with Gasteiger partial charge in [0.05, 0.1) is 22.8 Å². The molecule has 0 saturated carbocycles. The Kier molecular flexibility index (Phi) is 5.33. The van der Waals surface area contributed by atoms with Gasteiger partial charge < -0.3 is 10.2 Å². The predicted octanol–water partition coefficient (Wildman–Crippen LogP) is 3.88. The molecule has 0 spiro atoms. The maximum absolute atomic E-state index is 13.0. The van der Waals surface area contributed by atoms with Crippen molar-refractivity contribution in [2.45, 2.75) is 19.9 Å². The molecule has 4 nitrogen and oxygen atoms in total. The summed E-state index contributed by atoms with van der Waals surface area (Å²) in [4.78, 5) is 19.7. The minimum absolute atomic E-state index is 0.0775. The highest BCUT2D eigenvalue weighted by molar-refractivity contribution is 5.98. The van der Waals surface area contributed by atoms with Crippen molar-refractivity contribution in [3.8, 4) is 0 Å². The lowest BCUT2D eigenvalue weighted by Crippen LogP contribution is -2.35. The molecule has 2 aromatic carbocycles. The van der Waals surface area contributed by atoms with E-state index in [9.17, 15) is 4.79 Å². The van der Waals surface area contributed by atoms with Crippen molar-refractivity contribution in [2.24, 2.45) is 0 Å². The standard InChI is InChI=1S/C22H25N3O/c1-15-10-11-20-18(12-15)13-19(16(2)23-20)22(26)24-21(14-25(3)4)17-8-6-5-7-9-17/h5-13,21H,14H2,1-4H3,(H,24,26). The van der Waals surface area contributed by atoms with Crippen LogP contribution in [0.25, 0.3) is 10.9 Å². The molecule has 26 heavy (non-hydrogen) atoms. The van der Waals surface area contributed by atoms with Gasteiger partial charge in [-0.2, -0.15) is 0 Å². The van der Waals surface area contributed by atoms with Crippen LogP contribution < -0.4 is 5.32 Å². The SMILES string of the molecule is Cc1ccc2nc(C)c(C(=O)NC(CN(C)C)c3ccccc3)cc2c1. The van der Waals surface area contributed by atoms with Crippen molar-refractivity contribution in [1.29, 1.82) is 0 Å². The molecule has 1 heterocycles. The number of hydrogen-bond donors (Lipinski definition) is 1. The summed E-state index contributed by atoms with van der Waals surface area (Å²) in [5.74, 6) is -0.0888. The molecule has 1 N–H and O–H groups in total. The van der Waals surface area contributed by atoms with Crippen LogP contribution >= 0.6 is 0 Å². The highest BCUT2D eigenvalue weighted by Gasteiger charge is 2.18. The normalized spacial score (nSPS) is 12.3. The first-order valence-corrected chi connectivity index (χ1v) is 8.82. The third-order valence-electron chi connectivity index (χ3n) is 4.46. The second-order valence-corrected chi connectivity index (χ2v) is 7.02. The van der Waals surface area contributed by atoms with Crippen LogP contribution in [0, 0.1) is 13.8 Å². The van der Waals surface area contributed by atoms with Crippen molar-refractivity contribution in [2.75, 3.05) is 20.6 Å². The zero-order valence-electron chi connectivity index (χ0n) is 15.8. The number of likely N-dealkylation sites (N-methyl/N-ethyl adjacent to an activating group) is 1. The molecule has 1 amide bonds. The van der Waals surface area contributed by atoms with E-state index in [1.807, 2.05) is 76.5 Å². The maximum Gasteiger partial charge on any atom is 0.253 e. The molecule has 3 rings (SSSR count). The van der Waals surface area contributed by atoms with E-state index in [0.717, 1.165) is 34.3 Å². The zero-order chi connectivity index (χ0) is 18.7. The van der Waals surface area contributed by atoms with E-state index < -0.39 is 0 Å². The molecule has 0 radical (unpaired) electrons. The van der Waals surface area contributed by atoms with Gasteiger partial charge in [0, 0.05) is 11.9 Å². The fraction of sp³-hybridized carbons (Fsp3) is 0.273. The molecule has 134 valence electrons. The van der Waals surface area contributed by atoms with E-state index in [2.05, 4.69) is 21.3 Å². The summed E-state index contributed by atoms with van der Waals surface area (Å²) in [5.41, 5.74) is 4.54. The number of hydrogen-bond acceptors (Lipinski definition) is 3. The summed E-state index contributed by atoms with van der Waals surface area (Å²) >= 11 is 0.